The van der Waals surface area contributed by atoms with E-state index in [2.05, 4.69) is 93.3 Å². The van der Waals surface area contributed by atoms with Gasteiger partial charge < -0.3 is 37.5 Å². The summed E-state index contributed by atoms with van der Waals surface area (Å²) in [5.74, 6) is 12.5. The maximum Gasteiger partial charge on any atom is 1.00 e. The topological polar surface area (TPSA) is 96.1 Å². The van der Waals surface area contributed by atoms with Crippen LogP contribution in [0.1, 0.15) is 83.1 Å². The van der Waals surface area contributed by atoms with Gasteiger partial charge in [0.1, 0.15) is 6.61 Å². The Hall–Kier alpha value is 0.355. The minimum atomic E-state index is -6.00. The van der Waals surface area contributed by atoms with Crippen LogP contribution in [-0.4, -0.2) is 44.0 Å². The molecule has 1 amide bonds. The van der Waals surface area contributed by atoms with Crippen molar-refractivity contribution in [1.82, 2.24) is 5.32 Å². The van der Waals surface area contributed by atoms with Gasteiger partial charge in [-0.1, -0.05) is 76.2 Å². The summed E-state index contributed by atoms with van der Waals surface area (Å²) in [4.78, 5) is 23.1. The molecule has 0 bridgehead atoms. The molecule has 0 unspecified atom stereocenters. The van der Waals surface area contributed by atoms with Crippen molar-refractivity contribution >= 4 is 19.3 Å². The molecule has 0 heterocycles. The van der Waals surface area contributed by atoms with Crippen LogP contribution in [-0.2, 0) is 72.7 Å². The Morgan fingerprint density at radius 1 is 0.667 bits per heavy atom. The van der Waals surface area contributed by atoms with Crippen LogP contribution in [0.15, 0.2) is 0 Å². The number of alkyl carbamates (subject to hydrolysis) is 1. The Morgan fingerprint density at radius 3 is 1.35 bits per heavy atom. The van der Waals surface area contributed by atoms with Gasteiger partial charge in [-0.3, -0.25) is 4.79 Å². The second-order valence-electron chi connectivity index (χ2n) is 11.9. The number of esters is 1. The smallest absolute Gasteiger partial charge is 0.463 e. The van der Waals surface area contributed by atoms with E-state index in [-0.39, 0.29) is 82.4 Å². The van der Waals surface area contributed by atoms with E-state index >= 15 is 0 Å². The van der Waals surface area contributed by atoms with Gasteiger partial charge in [0.2, 0.25) is 0 Å². The van der Waals surface area contributed by atoms with E-state index in [1.807, 2.05) is 32.1 Å². The van der Waals surface area contributed by atoms with Crippen LogP contribution < -0.4 is 5.32 Å². The van der Waals surface area contributed by atoms with E-state index in [9.17, 15) is 26.9 Å². The van der Waals surface area contributed by atoms with Crippen molar-refractivity contribution < 1.29 is 100 Å². The zero-order chi connectivity index (χ0) is 36.5. The first-order chi connectivity index (χ1) is 21.7. The molecule has 14 heteroatoms. The summed E-state index contributed by atoms with van der Waals surface area (Å²) >= 11 is 0. The van der Waals surface area contributed by atoms with Crippen molar-refractivity contribution in [3.63, 3.8) is 0 Å². The summed E-state index contributed by atoms with van der Waals surface area (Å²) in [5.41, 5.74) is 0. The Bertz CT molecular complexity index is 800. The number of hydrogen-bond donors (Lipinski definition) is 1. The number of carbonyl (C=O) groups is 2. The van der Waals surface area contributed by atoms with Gasteiger partial charge in [-0.2, -0.15) is 0 Å². The molecule has 0 aliphatic heterocycles. The zero-order valence-corrected chi connectivity index (χ0v) is 36.8. The summed E-state index contributed by atoms with van der Waals surface area (Å²) in [5, 5.41) is 2.69. The molecule has 3 N–H and O–H groups in total. The molecule has 293 valence electrons. The summed E-state index contributed by atoms with van der Waals surface area (Å²) in [6.45, 7) is 25.4. The molecule has 0 saturated heterocycles. The fourth-order valence-corrected chi connectivity index (χ4v) is 4.19. The number of ether oxygens (including phenoxy) is 2. The van der Waals surface area contributed by atoms with E-state index in [4.69, 9.17) is 9.47 Å². The van der Waals surface area contributed by atoms with Crippen LogP contribution >= 0.6 is 0 Å². The first kappa shape index (κ1) is 60.6. The van der Waals surface area contributed by atoms with Gasteiger partial charge in [0, 0.05) is 44.9 Å². The van der Waals surface area contributed by atoms with Crippen LogP contribution in [0.2, 0.25) is 0 Å². The van der Waals surface area contributed by atoms with Crippen LogP contribution in [0.25, 0.3) is 0 Å². The molecule has 3 aliphatic rings. The zero-order valence-electron chi connectivity index (χ0n) is 31.6. The number of halogens is 4. The third-order valence-electron chi connectivity index (χ3n) is 7.75. The van der Waals surface area contributed by atoms with Crippen molar-refractivity contribution in [2.75, 3.05) is 13.2 Å². The van der Waals surface area contributed by atoms with Gasteiger partial charge in [-0.25, -0.2) is 4.79 Å². The largest absolute Gasteiger partial charge is 1.00 e. The molecule has 0 spiro atoms. The number of nitrogens with one attached hydrogen (secondary N) is 1. The summed E-state index contributed by atoms with van der Waals surface area (Å²) in [7, 11) is -6.00. The van der Waals surface area contributed by atoms with Gasteiger partial charge in [0.05, 0.1) is 18.6 Å². The molecule has 1 atom stereocenters. The maximum absolute atomic E-state index is 11.5. The number of carbonyl (C=O) groups excluding carboxylic acids is 2. The van der Waals surface area contributed by atoms with Crippen LogP contribution in [0.3, 0.4) is 0 Å². The average Bonchev–Trinajstić information content (AvgIpc) is 3.00. The van der Waals surface area contributed by atoms with Crippen LogP contribution in [0.5, 0.6) is 0 Å². The van der Waals surface area contributed by atoms with Crippen molar-refractivity contribution in [2.45, 2.75) is 89.1 Å². The van der Waals surface area contributed by atoms with E-state index in [1.54, 1.807) is 20.8 Å². The van der Waals surface area contributed by atoms with Gasteiger partial charge in [0.15, 0.2) is 0 Å². The van der Waals surface area contributed by atoms with Crippen molar-refractivity contribution in [2.24, 2.45) is 11.8 Å². The molecule has 3 fully saturated rings. The first-order valence-electron chi connectivity index (χ1n) is 15.8. The quantitative estimate of drug-likeness (QED) is 0.157. The van der Waals surface area contributed by atoms with E-state index in [0.29, 0.717) is 12.5 Å². The summed E-state index contributed by atoms with van der Waals surface area (Å²) < 4.78 is 49.0. The molecule has 0 aromatic carbocycles. The summed E-state index contributed by atoms with van der Waals surface area (Å²) in [6.07, 6.45) is 17.5. The predicted octanol–water partition coefficient (Wildman–Crippen LogP) is 8.59. The van der Waals surface area contributed by atoms with Crippen LogP contribution in [0.4, 0.5) is 22.1 Å². The van der Waals surface area contributed by atoms with E-state index in [0.717, 1.165) is 5.92 Å². The molecular weight excluding hydrogens is 928 g/mol. The van der Waals surface area contributed by atoms with Crippen LogP contribution in [0, 0.1) is 123 Å². The SMILES string of the molecule is CCOC(=O)N[C@@H](COC(=O)C(C)C)[C]1[CH][CH][CH][CH][CH]1.C[C]1[CH][CH][C](C(C)C)[CH][CH]1.C[C]1[C](C)[C](C)[C](C)[C](C)[C]1C.F[B-](F)(F)F.O.[Ru+].[Ru].[Ru]. The minimum absolute atomic E-state index is 0. The van der Waals surface area contributed by atoms with Gasteiger partial charge in [-0.05, 0) is 118 Å². The first-order valence-corrected chi connectivity index (χ1v) is 15.8. The van der Waals surface area contributed by atoms with Crippen molar-refractivity contribution in [3.05, 3.63) is 111 Å². The Kier molecular flexibility index (Phi) is 37.5. The molecule has 19 radical (unpaired) electrons. The maximum atomic E-state index is 11.5. The number of amides is 1. The molecule has 3 aliphatic carbocycles. The third-order valence-corrected chi connectivity index (χ3v) is 7.75. The van der Waals surface area contributed by atoms with E-state index < -0.39 is 19.4 Å². The average molecular weight is 984 g/mol. The Balaban J connectivity index is -0.000000197. The standard InChI is InChI=1S/C15H21NO4.C12H18.C10H14.BF4.H2O.3Ru/c1-4-19-15(18)16-13(10-20-14(17)11(2)3)12-8-6-5-7-9-12;1-7-8(2)10(4)12(6)11(5)9(7)3;1-8(2)10-6-4-9(3)5-7-10;2-1(3,4)5;;;;/h5-9,11,13H,4,10H2,1-3H3,(H,16,18);1-6H3;4-8H,1-3H3;;1H2;;;/q;;;-1;;;;+1/t13-;;;;;;;/m0......./s1. The fraction of sp³-hybridized carbons (Fsp3) is 0.459. The van der Waals surface area contributed by atoms with Crippen molar-refractivity contribution in [3.8, 4) is 0 Å². The van der Waals surface area contributed by atoms with Gasteiger partial charge in [0.25, 0.3) is 0 Å². The van der Waals surface area contributed by atoms with Crippen molar-refractivity contribution in [1.29, 1.82) is 0 Å². The number of rotatable bonds is 7. The third kappa shape index (κ3) is 26.7. The summed E-state index contributed by atoms with van der Waals surface area (Å²) in [6, 6.07) is -0.419. The second-order valence-corrected chi connectivity index (χ2v) is 11.9. The Morgan fingerprint density at radius 2 is 1.04 bits per heavy atom. The minimum Gasteiger partial charge on any atom is -0.463 e. The second kappa shape index (κ2) is 31.5. The van der Waals surface area contributed by atoms with Gasteiger partial charge in [-0.15, -0.1) is 0 Å². The Labute approximate surface area is 348 Å². The fourth-order valence-electron chi connectivity index (χ4n) is 4.19. The number of hydrogen-bond acceptors (Lipinski definition) is 4. The van der Waals surface area contributed by atoms with Gasteiger partial charge >= 0.3 is 38.8 Å². The van der Waals surface area contributed by atoms with E-state index in [1.165, 1.54) is 47.3 Å². The monoisotopic (exact) mass is 986 g/mol. The molecule has 0 aromatic rings. The molecule has 51 heavy (non-hydrogen) atoms. The normalized spacial score (nSPS) is 19.5. The molecule has 6 nitrogen and oxygen atoms in total. The molecule has 3 saturated carbocycles. The molecule has 0 aromatic heterocycles. The molecular formula is C37H55BF4NO5Ru3. The predicted molar refractivity (Wildman–Crippen MR) is 186 cm³/mol. The molecule has 3 rings (SSSR count).